The Hall–Kier alpha value is -2.35. The van der Waals surface area contributed by atoms with Crippen molar-refractivity contribution >= 4 is 15.9 Å². The molecule has 0 aliphatic rings. The van der Waals surface area contributed by atoms with E-state index in [1.165, 1.54) is 12.1 Å². The van der Waals surface area contributed by atoms with Crippen LogP contribution in [-0.2, 0) is 16.5 Å². The lowest BCUT2D eigenvalue weighted by Gasteiger charge is -2.09. The summed E-state index contributed by atoms with van der Waals surface area (Å²) in [5.74, 6) is -0.639. The highest BCUT2D eigenvalue weighted by Crippen LogP contribution is 2.27. The SMILES string of the molecule is O=C(Cc1ccc(OS(=O)(=O)C(F)(F)F)cc1)c1ccccc1. The number of halogens is 3. The lowest BCUT2D eigenvalue weighted by molar-refractivity contribution is -0.0500. The summed E-state index contributed by atoms with van der Waals surface area (Å²) < 4.78 is 62.3. The number of hydrogen-bond acceptors (Lipinski definition) is 4. The molecule has 23 heavy (non-hydrogen) atoms. The van der Waals surface area contributed by atoms with Gasteiger partial charge >= 0.3 is 15.6 Å². The van der Waals surface area contributed by atoms with Crippen LogP contribution in [0.15, 0.2) is 54.6 Å². The monoisotopic (exact) mass is 344 g/mol. The Morgan fingerprint density at radius 3 is 2.04 bits per heavy atom. The van der Waals surface area contributed by atoms with Crippen molar-refractivity contribution in [1.29, 1.82) is 0 Å². The van der Waals surface area contributed by atoms with Crippen molar-refractivity contribution in [2.24, 2.45) is 0 Å². The molecule has 2 rings (SSSR count). The zero-order valence-electron chi connectivity index (χ0n) is 11.6. The molecule has 0 bridgehead atoms. The minimum Gasteiger partial charge on any atom is -0.376 e. The first kappa shape index (κ1) is 17.0. The summed E-state index contributed by atoms with van der Waals surface area (Å²) in [6.07, 6.45) is 0.0380. The van der Waals surface area contributed by atoms with Crippen LogP contribution in [0.1, 0.15) is 15.9 Å². The van der Waals surface area contributed by atoms with Crippen LogP contribution >= 0.6 is 0 Å². The van der Waals surface area contributed by atoms with Crippen LogP contribution in [0.3, 0.4) is 0 Å². The highest BCUT2D eigenvalue weighted by molar-refractivity contribution is 7.88. The molecule has 0 aliphatic heterocycles. The van der Waals surface area contributed by atoms with Crippen molar-refractivity contribution in [3.8, 4) is 5.75 Å². The predicted molar refractivity (Wildman–Crippen MR) is 76.5 cm³/mol. The Kier molecular flexibility index (Phi) is 4.74. The van der Waals surface area contributed by atoms with Crippen molar-refractivity contribution in [2.75, 3.05) is 0 Å². The number of carbonyl (C=O) groups excluding carboxylic acids is 1. The minimum atomic E-state index is -5.70. The molecule has 2 aromatic rings. The standard InChI is InChI=1S/C15H11F3O4S/c16-15(17,18)23(20,21)22-13-8-6-11(7-9-13)10-14(19)12-4-2-1-3-5-12/h1-9H,10H2. The third-order valence-corrected chi connectivity index (χ3v) is 3.85. The summed E-state index contributed by atoms with van der Waals surface area (Å²) >= 11 is 0. The van der Waals surface area contributed by atoms with Gasteiger partial charge in [0.15, 0.2) is 5.78 Å². The molecule has 0 aliphatic carbocycles. The van der Waals surface area contributed by atoms with Crippen molar-refractivity contribution < 1.29 is 30.6 Å². The van der Waals surface area contributed by atoms with Crippen molar-refractivity contribution in [3.05, 3.63) is 65.7 Å². The largest absolute Gasteiger partial charge is 0.534 e. The van der Waals surface area contributed by atoms with E-state index in [-0.39, 0.29) is 12.2 Å². The first-order valence-electron chi connectivity index (χ1n) is 6.37. The second-order valence-electron chi connectivity index (χ2n) is 4.59. The summed E-state index contributed by atoms with van der Waals surface area (Å²) in [7, 11) is -5.70. The Balaban J connectivity index is 2.07. The average molecular weight is 344 g/mol. The molecule has 0 N–H and O–H groups in total. The molecule has 0 heterocycles. The van der Waals surface area contributed by atoms with Gasteiger partial charge in [0, 0.05) is 12.0 Å². The molecule has 4 nitrogen and oxygen atoms in total. The Morgan fingerprint density at radius 1 is 0.957 bits per heavy atom. The van der Waals surface area contributed by atoms with Gasteiger partial charge in [0.25, 0.3) is 0 Å². The number of hydrogen-bond donors (Lipinski definition) is 0. The Labute approximate surface area is 130 Å². The second kappa shape index (κ2) is 6.41. The summed E-state index contributed by atoms with van der Waals surface area (Å²) in [6.45, 7) is 0. The first-order chi connectivity index (χ1) is 10.7. The zero-order chi connectivity index (χ0) is 17.1. The molecule has 0 saturated carbocycles. The lowest BCUT2D eigenvalue weighted by Crippen LogP contribution is -2.28. The van der Waals surface area contributed by atoms with Crippen LogP contribution in [0, 0.1) is 0 Å². The summed E-state index contributed by atoms with van der Waals surface area (Å²) in [5.41, 5.74) is -4.46. The number of carbonyl (C=O) groups is 1. The van der Waals surface area contributed by atoms with Gasteiger partial charge in [-0.1, -0.05) is 42.5 Å². The van der Waals surface area contributed by atoms with E-state index in [9.17, 15) is 26.4 Å². The molecule has 0 spiro atoms. The second-order valence-corrected chi connectivity index (χ2v) is 6.13. The normalized spacial score (nSPS) is 12.0. The fourth-order valence-electron chi connectivity index (χ4n) is 1.75. The van der Waals surface area contributed by atoms with E-state index in [2.05, 4.69) is 4.18 Å². The third kappa shape index (κ3) is 4.32. The number of rotatable bonds is 5. The Bertz CT molecular complexity index is 782. The predicted octanol–water partition coefficient (Wildman–Crippen LogP) is 3.34. The molecular formula is C15H11F3O4S. The van der Waals surface area contributed by atoms with Crippen LogP contribution in [0.2, 0.25) is 0 Å². The third-order valence-electron chi connectivity index (χ3n) is 2.87. The van der Waals surface area contributed by atoms with E-state index in [0.29, 0.717) is 11.1 Å². The van der Waals surface area contributed by atoms with Crippen molar-refractivity contribution in [3.63, 3.8) is 0 Å². The van der Waals surface area contributed by atoms with E-state index < -0.39 is 21.4 Å². The lowest BCUT2D eigenvalue weighted by atomic mass is 10.0. The maximum Gasteiger partial charge on any atom is 0.534 e. The number of ketones is 1. The van der Waals surface area contributed by atoms with Crippen molar-refractivity contribution in [1.82, 2.24) is 0 Å². The highest BCUT2D eigenvalue weighted by Gasteiger charge is 2.48. The van der Waals surface area contributed by atoms with E-state index in [1.54, 1.807) is 30.3 Å². The molecule has 0 saturated heterocycles. The molecule has 122 valence electrons. The van der Waals surface area contributed by atoms with Gasteiger partial charge in [-0.3, -0.25) is 4.79 Å². The summed E-state index contributed by atoms with van der Waals surface area (Å²) in [5, 5.41) is 0. The van der Waals surface area contributed by atoms with Crippen LogP contribution < -0.4 is 4.18 Å². The maximum atomic E-state index is 12.2. The van der Waals surface area contributed by atoms with Crippen LogP contribution in [0.4, 0.5) is 13.2 Å². The molecule has 0 aromatic heterocycles. The maximum absolute atomic E-state index is 12.2. The van der Waals surface area contributed by atoms with E-state index in [1.807, 2.05) is 0 Å². The van der Waals surface area contributed by atoms with E-state index in [0.717, 1.165) is 12.1 Å². The smallest absolute Gasteiger partial charge is 0.376 e. The quantitative estimate of drug-likeness (QED) is 0.474. The molecule has 8 heteroatoms. The van der Waals surface area contributed by atoms with Crippen molar-refractivity contribution in [2.45, 2.75) is 11.9 Å². The van der Waals surface area contributed by atoms with Crippen LogP contribution in [0.25, 0.3) is 0 Å². The van der Waals surface area contributed by atoms with E-state index >= 15 is 0 Å². The number of Topliss-reactive ketones (excluding diaryl/α,β-unsaturated/α-hetero) is 1. The Morgan fingerprint density at radius 2 is 1.52 bits per heavy atom. The summed E-state index contributed by atoms with van der Waals surface area (Å²) in [6, 6.07) is 13.3. The van der Waals surface area contributed by atoms with Crippen LogP contribution in [0.5, 0.6) is 5.75 Å². The molecule has 0 radical (unpaired) electrons. The van der Waals surface area contributed by atoms with Gasteiger partial charge < -0.3 is 4.18 Å². The molecule has 0 fully saturated rings. The van der Waals surface area contributed by atoms with Gasteiger partial charge in [-0.05, 0) is 17.7 Å². The number of benzene rings is 2. The van der Waals surface area contributed by atoms with Crippen LogP contribution in [-0.4, -0.2) is 19.7 Å². The molecule has 0 amide bonds. The van der Waals surface area contributed by atoms with Gasteiger partial charge in [-0.25, -0.2) is 0 Å². The van der Waals surface area contributed by atoms with Gasteiger partial charge in [0.1, 0.15) is 5.75 Å². The topological polar surface area (TPSA) is 60.4 Å². The molecule has 0 unspecified atom stereocenters. The zero-order valence-corrected chi connectivity index (χ0v) is 12.4. The van der Waals surface area contributed by atoms with Gasteiger partial charge in [-0.2, -0.15) is 21.6 Å². The molecular weight excluding hydrogens is 333 g/mol. The average Bonchev–Trinajstić information content (AvgIpc) is 2.48. The fourth-order valence-corrected chi connectivity index (χ4v) is 2.21. The fraction of sp³-hybridized carbons (Fsp3) is 0.133. The minimum absolute atomic E-state index is 0.0380. The molecule has 0 atom stereocenters. The highest BCUT2D eigenvalue weighted by atomic mass is 32.2. The molecule has 2 aromatic carbocycles. The van der Waals surface area contributed by atoms with Gasteiger partial charge in [0.2, 0.25) is 0 Å². The first-order valence-corrected chi connectivity index (χ1v) is 7.78. The summed E-state index contributed by atoms with van der Waals surface area (Å²) in [4.78, 5) is 12.0. The van der Waals surface area contributed by atoms with Gasteiger partial charge in [0.05, 0.1) is 0 Å². The van der Waals surface area contributed by atoms with Gasteiger partial charge in [-0.15, -0.1) is 0 Å². The van der Waals surface area contributed by atoms with E-state index in [4.69, 9.17) is 0 Å². The number of alkyl halides is 3.